The van der Waals surface area contributed by atoms with Gasteiger partial charge in [-0.25, -0.2) is 4.98 Å². The molecular weight excluding hydrogens is 196 g/mol. The van der Waals surface area contributed by atoms with Crippen LogP contribution in [-0.2, 0) is 0 Å². The molecule has 0 saturated carbocycles. The molecular formula is C9H6N4S. The number of imidazole rings is 1. The number of aromatic amines is 1. The molecule has 0 fully saturated rings. The van der Waals surface area contributed by atoms with Gasteiger partial charge in [-0.1, -0.05) is 23.5 Å². The first-order chi connectivity index (χ1) is 6.93. The quantitative estimate of drug-likeness (QED) is 0.657. The molecule has 0 aliphatic rings. The van der Waals surface area contributed by atoms with E-state index in [4.69, 9.17) is 0 Å². The van der Waals surface area contributed by atoms with Crippen molar-refractivity contribution in [3.05, 3.63) is 29.8 Å². The summed E-state index contributed by atoms with van der Waals surface area (Å²) < 4.78 is 0. The van der Waals surface area contributed by atoms with E-state index in [-0.39, 0.29) is 0 Å². The van der Waals surface area contributed by atoms with Gasteiger partial charge in [0.15, 0.2) is 10.8 Å². The average Bonchev–Trinajstić information content (AvgIpc) is 2.86. The number of aromatic nitrogens is 4. The summed E-state index contributed by atoms with van der Waals surface area (Å²) in [4.78, 5) is 7.60. The van der Waals surface area contributed by atoms with Crippen LogP contribution < -0.4 is 0 Å². The van der Waals surface area contributed by atoms with Gasteiger partial charge in [-0.3, -0.25) is 0 Å². The second-order valence-corrected chi connectivity index (χ2v) is 3.68. The summed E-state index contributed by atoms with van der Waals surface area (Å²) in [7, 11) is 0. The van der Waals surface area contributed by atoms with Crippen molar-refractivity contribution in [1.82, 2.24) is 20.2 Å². The van der Waals surface area contributed by atoms with Crippen LogP contribution >= 0.6 is 11.3 Å². The number of nitrogens with zero attached hydrogens (tertiary/aromatic N) is 3. The molecule has 5 heteroatoms. The van der Waals surface area contributed by atoms with Crippen molar-refractivity contribution >= 4 is 22.4 Å². The molecule has 14 heavy (non-hydrogen) atoms. The number of nitrogens with one attached hydrogen (secondary N) is 1. The molecule has 2 heterocycles. The van der Waals surface area contributed by atoms with Crippen molar-refractivity contribution in [1.29, 1.82) is 0 Å². The smallest absolute Gasteiger partial charge is 0.183 e. The average molecular weight is 202 g/mol. The van der Waals surface area contributed by atoms with Gasteiger partial charge in [0.1, 0.15) is 5.51 Å². The fourth-order valence-corrected chi connectivity index (χ4v) is 1.83. The van der Waals surface area contributed by atoms with Gasteiger partial charge in [0.25, 0.3) is 0 Å². The van der Waals surface area contributed by atoms with Crippen LogP contribution in [0.1, 0.15) is 0 Å². The van der Waals surface area contributed by atoms with Gasteiger partial charge in [0, 0.05) is 0 Å². The zero-order valence-electron chi connectivity index (χ0n) is 7.14. The van der Waals surface area contributed by atoms with Crippen molar-refractivity contribution in [3.8, 4) is 10.8 Å². The number of H-pyrrole nitrogens is 1. The number of rotatable bonds is 1. The van der Waals surface area contributed by atoms with Crippen LogP contribution in [0.25, 0.3) is 21.9 Å². The summed E-state index contributed by atoms with van der Waals surface area (Å²) in [5.74, 6) is 0.786. The SMILES string of the molecule is c1ccc2[nH]c(-c3nncs3)nc2c1. The Kier molecular flexibility index (Phi) is 1.57. The lowest BCUT2D eigenvalue weighted by Gasteiger charge is -1.83. The first-order valence-electron chi connectivity index (χ1n) is 4.15. The zero-order chi connectivity index (χ0) is 9.38. The van der Waals surface area contributed by atoms with Gasteiger partial charge in [-0.05, 0) is 12.1 Å². The molecule has 0 atom stereocenters. The molecule has 0 unspecified atom stereocenters. The number of hydrogen-bond acceptors (Lipinski definition) is 4. The zero-order valence-corrected chi connectivity index (χ0v) is 7.95. The number of benzene rings is 1. The summed E-state index contributed by atoms with van der Waals surface area (Å²) in [6.07, 6.45) is 0. The van der Waals surface area contributed by atoms with E-state index in [2.05, 4.69) is 20.2 Å². The highest BCUT2D eigenvalue weighted by Gasteiger charge is 2.06. The number of para-hydroxylation sites is 2. The predicted octanol–water partition coefficient (Wildman–Crippen LogP) is 2.08. The molecule has 0 spiro atoms. The normalized spacial score (nSPS) is 10.9. The largest absolute Gasteiger partial charge is 0.336 e. The lowest BCUT2D eigenvalue weighted by atomic mass is 10.3. The molecule has 4 nitrogen and oxygen atoms in total. The van der Waals surface area contributed by atoms with Crippen molar-refractivity contribution in [2.75, 3.05) is 0 Å². The molecule has 0 bridgehead atoms. The Labute approximate surface area is 83.6 Å². The van der Waals surface area contributed by atoms with E-state index in [1.165, 1.54) is 11.3 Å². The first kappa shape index (κ1) is 7.64. The Hall–Kier alpha value is -1.75. The van der Waals surface area contributed by atoms with E-state index in [0.717, 1.165) is 21.9 Å². The lowest BCUT2D eigenvalue weighted by Crippen LogP contribution is -1.77. The molecule has 0 radical (unpaired) electrons. The molecule has 1 N–H and O–H groups in total. The highest BCUT2D eigenvalue weighted by molar-refractivity contribution is 7.12. The number of hydrogen-bond donors (Lipinski definition) is 1. The Morgan fingerprint density at radius 2 is 2.14 bits per heavy atom. The minimum atomic E-state index is 0.786. The molecule has 0 saturated heterocycles. The molecule has 1 aromatic carbocycles. The highest BCUT2D eigenvalue weighted by Crippen LogP contribution is 2.20. The minimum Gasteiger partial charge on any atom is -0.336 e. The summed E-state index contributed by atoms with van der Waals surface area (Å²) in [6, 6.07) is 7.90. The van der Waals surface area contributed by atoms with E-state index in [1.807, 2.05) is 24.3 Å². The maximum Gasteiger partial charge on any atom is 0.183 e. The van der Waals surface area contributed by atoms with Gasteiger partial charge < -0.3 is 4.98 Å². The van der Waals surface area contributed by atoms with Gasteiger partial charge in [0.05, 0.1) is 11.0 Å². The van der Waals surface area contributed by atoms with Crippen molar-refractivity contribution in [3.63, 3.8) is 0 Å². The summed E-state index contributed by atoms with van der Waals surface area (Å²) in [5.41, 5.74) is 3.68. The third-order valence-corrected chi connectivity index (χ3v) is 2.65. The van der Waals surface area contributed by atoms with Crippen molar-refractivity contribution < 1.29 is 0 Å². The predicted molar refractivity (Wildman–Crippen MR) is 55.0 cm³/mol. The van der Waals surface area contributed by atoms with Crippen LogP contribution in [0.5, 0.6) is 0 Å². The summed E-state index contributed by atoms with van der Waals surface area (Å²) in [5, 5.41) is 8.55. The maximum atomic E-state index is 4.41. The van der Waals surface area contributed by atoms with Gasteiger partial charge in [-0.15, -0.1) is 10.2 Å². The van der Waals surface area contributed by atoms with Gasteiger partial charge >= 0.3 is 0 Å². The molecule has 0 amide bonds. The van der Waals surface area contributed by atoms with Crippen LogP contribution in [0.2, 0.25) is 0 Å². The number of fused-ring (bicyclic) bond motifs is 1. The molecule has 3 rings (SSSR count). The second kappa shape index (κ2) is 2.88. The molecule has 3 aromatic rings. The standard InChI is InChI=1S/C9H6N4S/c1-2-4-7-6(3-1)11-8(12-7)9-13-10-5-14-9/h1-5H,(H,11,12). The van der Waals surface area contributed by atoms with Crippen molar-refractivity contribution in [2.24, 2.45) is 0 Å². The summed E-state index contributed by atoms with van der Waals surface area (Å²) in [6.45, 7) is 0. The van der Waals surface area contributed by atoms with Crippen LogP contribution in [0.4, 0.5) is 0 Å². The Bertz CT molecular complexity index is 522. The van der Waals surface area contributed by atoms with Crippen LogP contribution in [0, 0.1) is 0 Å². The Morgan fingerprint density at radius 1 is 1.21 bits per heavy atom. The van der Waals surface area contributed by atoms with Crippen LogP contribution in [-0.4, -0.2) is 20.2 Å². The second-order valence-electron chi connectivity index (χ2n) is 2.85. The lowest BCUT2D eigenvalue weighted by molar-refractivity contribution is 1.08. The van der Waals surface area contributed by atoms with E-state index < -0.39 is 0 Å². The van der Waals surface area contributed by atoms with E-state index >= 15 is 0 Å². The monoisotopic (exact) mass is 202 g/mol. The minimum absolute atomic E-state index is 0.786. The van der Waals surface area contributed by atoms with E-state index in [0.29, 0.717) is 0 Å². The van der Waals surface area contributed by atoms with Crippen LogP contribution in [0.15, 0.2) is 29.8 Å². The first-order valence-corrected chi connectivity index (χ1v) is 5.03. The summed E-state index contributed by atoms with van der Waals surface area (Å²) >= 11 is 1.48. The van der Waals surface area contributed by atoms with E-state index in [1.54, 1.807) is 5.51 Å². The highest BCUT2D eigenvalue weighted by atomic mass is 32.1. The van der Waals surface area contributed by atoms with Gasteiger partial charge in [-0.2, -0.15) is 0 Å². The molecule has 68 valence electrons. The topological polar surface area (TPSA) is 54.5 Å². The van der Waals surface area contributed by atoms with Gasteiger partial charge in [0.2, 0.25) is 0 Å². The van der Waals surface area contributed by atoms with Crippen LogP contribution in [0.3, 0.4) is 0 Å². The molecule has 2 aromatic heterocycles. The fraction of sp³-hybridized carbons (Fsp3) is 0. The third-order valence-electron chi connectivity index (χ3n) is 1.95. The third kappa shape index (κ3) is 1.10. The fourth-order valence-electron chi connectivity index (χ4n) is 1.33. The Balaban J connectivity index is 2.24. The molecule has 0 aliphatic carbocycles. The Morgan fingerprint density at radius 3 is 2.93 bits per heavy atom. The van der Waals surface area contributed by atoms with Crippen molar-refractivity contribution in [2.45, 2.75) is 0 Å². The molecule has 0 aliphatic heterocycles. The maximum absolute atomic E-state index is 4.41. The van der Waals surface area contributed by atoms with E-state index in [9.17, 15) is 0 Å².